The maximum Gasteiger partial charge on any atom is 0.500 e. The Hall–Kier alpha value is -0.753. The predicted molar refractivity (Wildman–Crippen MR) is 112 cm³/mol. The summed E-state index contributed by atoms with van der Waals surface area (Å²) in [6.07, 6.45) is 0.697. The molecule has 0 aliphatic rings. The van der Waals surface area contributed by atoms with Crippen molar-refractivity contribution in [1.29, 1.82) is 0 Å². The minimum Gasteiger partial charge on any atom is -0.441 e. The largest absolute Gasteiger partial charge is 0.500 e. The molecule has 0 saturated carbocycles. The first kappa shape index (κ1) is 28.2. The van der Waals surface area contributed by atoms with E-state index in [4.69, 9.17) is 38.0 Å². The summed E-state index contributed by atoms with van der Waals surface area (Å²) in [5.41, 5.74) is 4.50. The lowest BCUT2D eigenvalue weighted by Gasteiger charge is -2.33. The number of carbonyl (C=O) groups excluding carboxylic acids is 1. The van der Waals surface area contributed by atoms with Crippen molar-refractivity contribution in [2.24, 2.45) is 5.73 Å². The smallest absolute Gasteiger partial charge is 0.441 e. The second-order valence-electron chi connectivity index (χ2n) is 6.52. The van der Waals surface area contributed by atoms with Crippen LogP contribution in [0.2, 0.25) is 6.04 Å². The van der Waals surface area contributed by atoms with Crippen molar-refractivity contribution >= 4 is 14.9 Å². The third-order valence-corrected chi connectivity index (χ3v) is 7.60. The number of rotatable bonds is 19. The van der Waals surface area contributed by atoms with E-state index in [1.807, 2.05) is 27.7 Å². The molecule has 0 aromatic carbocycles. The summed E-state index contributed by atoms with van der Waals surface area (Å²) >= 11 is 0. The number of methoxy groups -OCH3 is 1. The Balaban J connectivity index is 4.87. The van der Waals surface area contributed by atoms with Crippen LogP contribution < -0.4 is 5.73 Å². The van der Waals surface area contributed by atoms with E-state index in [2.05, 4.69) is 0 Å². The third-order valence-electron chi connectivity index (χ3n) is 4.45. The molecule has 10 heteroatoms. The Morgan fingerprint density at radius 1 is 1.03 bits per heavy atom. The van der Waals surface area contributed by atoms with Crippen molar-refractivity contribution in [3.05, 3.63) is 0 Å². The first-order chi connectivity index (χ1) is 13.8. The van der Waals surface area contributed by atoms with Gasteiger partial charge in [0.15, 0.2) is 6.29 Å². The normalized spacial score (nSPS) is 15.1. The number of hydrogen-bond acceptors (Lipinski definition) is 8. The summed E-state index contributed by atoms with van der Waals surface area (Å²) in [5, 5.41) is 0. The first-order valence-corrected chi connectivity index (χ1v) is 12.4. The quantitative estimate of drug-likeness (QED) is 0.186. The lowest BCUT2D eigenvalue weighted by molar-refractivity contribution is -0.130. The zero-order valence-corrected chi connectivity index (χ0v) is 20.0. The highest BCUT2D eigenvalue weighted by Gasteiger charge is 2.41. The van der Waals surface area contributed by atoms with E-state index < -0.39 is 20.5 Å². The Bertz CT molecular complexity index is 412. The SMILES string of the molecule is CCO[Si](CCCC(CC)(COCCOC(C)OC)OC(N)=O)(OCC)OCC. The predicted octanol–water partition coefficient (Wildman–Crippen LogP) is 3.08. The van der Waals surface area contributed by atoms with Crippen LogP contribution >= 0.6 is 0 Å². The highest BCUT2D eigenvalue weighted by Crippen LogP contribution is 2.28. The van der Waals surface area contributed by atoms with Gasteiger partial charge in [0.1, 0.15) is 5.60 Å². The summed E-state index contributed by atoms with van der Waals surface area (Å²) < 4.78 is 39.3. The molecule has 0 saturated heterocycles. The number of carbonyl (C=O) groups is 1. The third kappa shape index (κ3) is 11.9. The molecule has 2 atom stereocenters. The molecule has 1 amide bonds. The fraction of sp³-hybridized carbons (Fsp3) is 0.947. The van der Waals surface area contributed by atoms with Gasteiger partial charge >= 0.3 is 14.9 Å². The van der Waals surface area contributed by atoms with Crippen LogP contribution in [0.4, 0.5) is 4.79 Å². The van der Waals surface area contributed by atoms with Crippen molar-refractivity contribution in [1.82, 2.24) is 0 Å². The van der Waals surface area contributed by atoms with Gasteiger partial charge in [-0.3, -0.25) is 0 Å². The van der Waals surface area contributed by atoms with E-state index in [0.717, 1.165) is 0 Å². The number of primary amides is 1. The summed E-state index contributed by atoms with van der Waals surface area (Å²) in [4.78, 5) is 11.5. The average molecular weight is 440 g/mol. The van der Waals surface area contributed by atoms with Crippen LogP contribution in [-0.2, 0) is 32.2 Å². The molecule has 29 heavy (non-hydrogen) atoms. The van der Waals surface area contributed by atoms with Gasteiger partial charge < -0.3 is 38.0 Å². The maximum absolute atomic E-state index is 11.5. The van der Waals surface area contributed by atoms with E-state index in [1.54, 1.807) is 14.0 Å². The van der Waals surface area contributed by atoms with Crippen molar-refractivity contribution in [2.45, 2.75) is 71.8 Å². The molecule has 174 valence electrons. The molecule has 0 radical (unpaired) electrons. The van der Waals surface area contributed by atoms with Crippen molar-refractivity contribution in [3.8, 4) is 0 Å². The number of ether oxygens (including phenoxy) is 4. The Morgan fingerprint density at radius 2 is 1.62 bits per heavy atom. The van der Waals surface area contributed by atoms with Crippen LogP contribution in [0, 0.1) is 0 Å². The molecule has 0 spiro atoms. The fourth-order valence-electron chi connectivity index (χ4n) is 2.94. The van der Waals surface area contributed by atoms with Crippen LogP contribution in [0.5, 0.6) is 0 Å². The Morgan fingerprint density at radius 3 is 2.07 bits per heavy atom. The highest BCUT2D eigenvalue weighted by atomic mass is 28.4. The molecule has 0 aromatic heterocycles. The summed E-state index contributed by atoms with van der Waals surface area (Å²) in [5.74, 6) is 0. The number of amides is 1. The molecule has 0 heterocycles. The highest BCUT2D eigenvalue weighted by molar-refractivity contribution is 6.60. The number of nitrogens with two attached hydrogens (primary N) is 1. The van der Waals surface area contributed by atoms with Crippen LogP contribution in [-0.4, -0.2) is 73.5 Å². The van der Waals surface area contributed by atoms with Crippen LogP contribution in [0.25, 0.3) is 0 Å². The van der Waals surface area contributed by atoms with Gasteiger partial charge in [0.2, 0.25) is 0 Å². The zero-order chi connectivity index (χ0) is 22.2. The monoisotopic (exact) mass is 439 g/mol. The van der Waals surface area contributed by atoms with Gasteiger partial charge in [0.25, 0.3) is 0 Å². The first-order valence-electron chi connectivity index (χ1n) is 10.4. The molecule has 2 unspecified atom stereocenters. The maximum atomic E-state index is 11.5. The van der Waals surface area contributed by atoms with Gasteiger partial charge in [-0.05, 0) is 47.0 Å². The minimum atomic E-state index is -2.76. The van der Waals surface area contributed by atoms with Crippen LogP contribution in [0.1, 0.15) is 53.9 Å². The second-order valence-corrected chi connectivity index (χ2v) is 9.25. The van der Waals surface area contributed by atoms with E-state index in [-0.39, 0.29) is 12.9 Å². The molecule has 0 aliphatic carbocycles. The molecule has 0 aromatic rings. The van der Waals surface area contributed by atoms with Gasteiger partial charge in [0, 0.05) is 33.0 Å². The van der Waals surface area contributed by atoms with E-state index in [9.17, 15) is 4.79 Å². The van der Waals surface area contributed by atoms with Gasteiger partial charge in [-0.25, -0.2) is 4.79 Å². The summed E-state index contributed by atoms with van der Waals surface area (Å²) in [7, 11) is -1.18. The van der Waals surface area contributed by atoms with Gasteiger partial charge in [-0.2, -0.15) is 0 Å². The van der Waals surface area contributed by atoms with E-state index in [1.165, 1.54) is 0 Å². The molecule has 2 N–H and O–H groups in total. The van der Waals surface area contributed by atoms with Gasteiger partial charge in [-0.1, -0.05) is 6.92 Å². The fourth-order valence-corrected chi connectivity index (χ4v) is 5.56. The molecule has 0 fully saturated rings. The lowest BCUT2D eigenvalue weighted by atomic mass is 9.95. The molecular weight excluding hydrogens is 398 g/mol. The lowest BCUT2D eigenvalue weighted by Crippen LogP contribution is -2.47. The Kier molecular flexibility index (Phi) is 15.6. The van der Waals surface area contributed by atoms with Crippen molar-refractivity contribution < 1.29 is 37.0 Å². The van der Waals surface area contributed by atoms with Gasteiger partial charge in [-0.15, -0.1) is 0 Å². The molecular formula is C19H41NO8Si. The Labute approximate surface area is 176 Å². The minimum absolute atomic E-state index is 0.226. The van der Waals surface area contributed by atoms with E-state index in [0.29, 0.717) is 58.3 Å². The topological polar surface area (TPSA) is 108 Å². The second kappa shape index (κ2) is 16.0. The average Bonchev–Trinajstić information content (AvgIpc) is 2.67. The van der Waals surface area contributed by atoms with Crippen LogP contribution in [0.15, 0.2) is 0 Å². The molecule has 9 nitrogen and oxygen atoms in total. The molecule has 0 aliphatic heterocycles. The van der Waals surface area contributed by atoms with Crippen LogP contribution in [0.3, 0.4) is 0 Å². The number of hydrogen-bond donors (Lipinski definition) is 1. The standard InChI is InChI=1S/C19H41NO8Si/c1-7-19(28-18(20)21,16-23-13-14-24-17(5)22-6)12-11-15-29(25-8-2,26-9-3)27-10-4/h17H,7-16H2,1-6H3,(H2,20,21). The summed E-state index contributed by atoms with van der Waals surface area (Å²) in [6, 6.07) is 0.626. The van der Waals surface area contributed by atoms with E-state index >= 15 is 0 Å². The summed E-state index contributed by atoms with van der Waals surface area (Å²) in [6.45, 7) is 12.0. The zero-order valence-electron chi connectivity index (χ0n) is 19.0. The molecule has 0 bridgehead atoms. The molecule has 0 rings (SSSR count). The van der Waals surface area contributed by atoms with Crippen molar-refractivity contribution in [3.63, 3.8) is 0 Å². The van der Waals surface area contributed by atoms with Gasteiger partial charge in [0.05, 0.1) is 19.8 Å². The van der Waals surface area contributed by atoms with Crippen molar-refractivity contribution in [2.75, 3.05) is 46.8 Å².